The second-order valence-electron chi connectivity index (χ2n) is 8.44. The first-order valence-electron chi connectivity index (χ1n) is 10.8. The summed E-state index contributed by atoms with van der Waals surface area (Å²) in [6.45, 7) is 2.55. The number of nitrogens with zero attached hydrogens (tertiary/aromatic N) is 2. The summed E-state index contributed by atoms with van der Waals surface area (Å²) >= 11 is 0. The van der Waals surface area contributed by atoms with Crippen LogP contribution in [0.15, 0.2) is 30.3 Å². The van der Waals surface area contributed by atoms with Crippen molar-refractivity contribution in [2.45, 2.75) is 39.5 Å². The van der Waals surface area contributed by atoms with Gasteiger partial charge in [0.25, 0.3) is 0 Å². The third kappa shape index (κ3) is 3.97. The molecule has 2 amide bonds. The molecular weight excluding hydrogens is 415 g/mol. The molecule has 32 heavy (non-hydrogen) atoms. The molecule has 2 atom stereocenters. The highest BCUT2D eigenvalue weighted by Crippen LogP contribution is 2.37. The summed E-state index contributed by atoms with van der Waals surface area (Å²) in [6.07, 6.45) is 3.14. The van der Waals surface area contributed by atoms with Gasteiger partial charge in [0.2, 0.25) is 17.6 Å². The lowest BCUT2D eigenvalue weighted by Gasteiger charge is -2.19. The van der Waals surface area contributed by atoms with Crippen LogP contribution in [0.4, 0.5) is 4.39 Å². The Labute approximate surface area is 185 Å². The molecule has 8 heteroatoms. The van der Waals surface area contributed by atoms with Crippen molar-refractivity contribution in [1.29, 1.82) is 0 Å². The van der Waals surface area contributed by atoms with Gasteiger partial charge in [0.1, 0.15) is 12.4 Å². The standard InChI is InChI=1S/C24H25FN2O5/c1-14-10-20(15(2)27(14)17-7-5-6-16(25)11-17)21(28)13-32-22(29)12-26-23(30)18-8-3-4-9-19(18)24(26)31/h5-7,10-11,18-19H,3-4,8-9,12-13H2,1-2H3. The number of hydrogen-bond donors (Lipinski definition) is 0. The van der Waals surface area contributed by atoms with Crippen molar-refractivity contribution in [3.63, 3.8) is 0 Å². The number of rotatable bonds is 6. The van der Waals surface area contributed by atoms with E-state index < -0.39 is 24.9 Å². The second kappa shape index (κ2) is 8.68. The van der Waals surface area contributed by atoms with Crippen LogP contribution in [0.1, 0.15) is 47.4 Å². The Bertz CT molecular complexity index is 1080. The Morgan fingerprint density at radius 1 is 1.06 bits per heavy atom. The molecule has 1 aliphatic carbocycles. The first kappa shape index (κ1) is 21.9. The smallest absolute Gasteiger partial charge is 0.326 e. The van der Waals surface area contributed by atoms with Gasteiger partial charge < -0.3 is 9.30 Å². The van der Waals surface area contributed by atoms with Gasteiger partial charge in [-0.05, 0) is 51.0 Å². The van der Waals surface area contributed by atoms with Crippen LogP contribution in [0.3, 0.4) is 0 Å². The minimum absolute atomic E-state index is 0.318. The number of benzene rings is 1. The first-order valence-corrected chi connectivity index (χ1v) is 10.8. The van der Waals surface area contributed by atoms with E-state index >= 15 is 0 Å². The van der Waals surface area contributed by atoms with Crippen LogP contribution in [0, 0.1) is 31.5 Å². The molecule has 2 heterocycles. The van der Waals surface area contributed by atoms with Gasteiger partial charge in [-0.25, -0.2) is 4.39 Å². The Balaban J connectivity index is 1.40. The molecule has 168 valence electrons. The van der Waals surface area contributed by atoms with Crippen LogP contribution < -0.4 is 0 Å². The van der Waals surface area contributed by atoms with Crippen LogP contribution in [0.2, 0.25) is 0 Å². The van der Waals surface area contributed by atoms with Crippen LogP contribution >= 0.6 is 0 Å². The number of imide groups is 1. The topological polar surface area (TPSA) is 85.7 Å². The molecular formula is C24H25FN2O5. The van der Waals surface area contributed by atoms with Crippen LogP contribution in [0.5, 0.6) is 0 Å². The third-order valence-corrected chi connectivity index (χ3v) is 6.38. The quantitative estimate of drug-likeness (QED) is 0.391. The molecule has 7 nitrogen and oxygen atoms in total. The number of halogens is 1. The Morgan fingerprint density at radius 2 is 1.72 bits per heavy atom. The summed E-state index contributed by atoms with van der Waals surface area (Å²) in [6, 6.07) is 7.70. The van der Waals surface area contributed by atoms with Crippen LogP contribution in [0.25, 0.3) is 5.69 Å². The zero-order valence-electron chi connectivity index (χ0n) is 18.1. The van der Waals surface area contributed by atoms with E-state index in [4.69, 9.17) is 4.74 Å². The number of fused-ring (bicyclic) bond motifs is 1. The fourth-order valence-electron chi connectivity index (χ4n) is 4.84. The van der Waals surface area contributed by atoms with Crippen molar-refractivity contribution >= 4 is 23.6 Å². The Kier molecular flexibility index (Phi) is 5.95. The zero-order valence-corrected chi connectivity index (χ0v) is 18.1. The number of ether oxygens (including phenoxy) is 1. The fraction of sp³-hybridized carbons (Fsp3) is 0.417. The number of carbonyl (C=O) groups is 4. The SMILES string of the molecule is Cc1cc(C(=O)COC(=O)CN2C(=O)C3CCCCC3C2=O)c(C)n1-c1cccc(F)c1. The maximum Gasteiger partial charge on any atom is 0.326 e. The van der Waals surface area contributed by atoms with Crippen LogP contribution in [-0.4, -0.2) is 46.2 Å². The number of ketones is 1. The Morgan fingerprint density at radius 3 is 2.34 bits per heavy atom. The third-order valence-electron chi connectivity index (χ3n) is 6.38. The lowest BCUT2D eigenvalue weighted by molar-refractivity contribution is -0.152. The summed E-state index contributed by atoms with van der Waals surface area (Å²) in [4.78, 5) is 50.9. The highest BCUT2D eigenvalue weighted by Gasteiger charge is 2.48. The maximum atomic E-state index is 13.6. The van der Waals surface area contributed by atoms with Gasteiger partial charge in [-0.3, -0.25) is 24.1 Å². The number of hydrogen-bond acceptors (Lipinski definition) is 5. The van der Waals surface area contributed by atoms with Gasteiger partial charge in [0.05, 0.1) is 11.8 Å². The number of amides is 2. The second-order valence-corrected chi connectivity index (χ2v) is 8.44. The number of Topliss-reactive ketones (excluding diaryl/α,β-unsaturated/α-hetero) is 1. The van der Waals surface area contributed by atoms with Crippen molar-refractivity contribution < 1.29 is 28.3 Å². The van der Waals surface area contributed by atoms with Crippen molar-refractivity contribution in [2.24, 2.45) is 11.8 Å². The first-order chi connectivity index (χ1) is 15.3. The molecule has 2 aromatic rings. The average molecular weight is 440 g/mol. The Hall–Kier alpha value is -3.29. The molecule has 1 saturated heterocycles. The van der Waals surface area contributed by atoms with Gasteiger partial charge in [0.15, 0.2) is 6.61 Å². The van der Waals surface area contributed by atoms with Gasteiger partial charge in [0, 0.05) is 22.6 Å². The lowest BCUT2D eigenvalue weighted by atomic mass is 9.81. The van der Waals surface area contributed by atoms with Gasteiger partial charge in [-0.2, -0.15) is 0 Å². The average Bonchev–Trinajstić information content (AvgIpc) is 3.20. The fourth-order valence-corrected chi connectivity index (χ4v) is 4.84. The molecule has 4 rings (SSSR count). The molecule has 2 unspecified atom stereocenters. The molecule has 1 aromatic carbocycles. The van der Waals surface area contributed by atoms with Crippen molar-refractivity contribution in [2.75, 3.05) is 13.2 Å². The molecule has 2 fully saturated rings. The molecule has 2 aliphatic rings. The predicted molar refractivity (Wildman–Crippen MR) is 113 cm³/mol. The van der Waals surface area contributed by atoms with Gasteiger partial charge in [-0.15, -0.1) is 0 Å². The summed E-state index contributed by atoms with van der Waals surface area (Å²) < 4.78 is 20.5. The molecule has 1 saturated carbocycles. The predicted octanol–water partition coefficient (Wildman–Crippen LogP) is 3.13. The summed E-state index contributed by atoms with van der Waals surface area (Å²) in [5.41, 5.74) is 2.28. The van der Waals surface area contributed by atoms with E-state index in [1.807, 2.05) is 0 Å². The van der Waals surface area contributed by atoms with Crippen molar-refractivity contribution in [1.82, 2.24) is 9.47 Å². The monoisotopic (exact) mass is 440 g/mol. The molecule has 1 aromatic heterocycles. The number of likely N-dealkylation sites (tertiary alicyclic amines) is 1. The van der Waals surface area contributed by atoms with Crippen LogP contribution in [-0.2, 0) is 19.1 Å². The number of aryl methyl sites for hydroxylation is 1. The molecule has 1 aliphatic heterocycles. The minimum atomic E-state index is -0.794. The molecule has 0 N–H and O–H groups in total. The van der Waals surface area contributed by atoms with Crippen molar-refractivity contribution in [3.8, 4) is 5.69 Å². The van der Waals surface area contributed by atoms with E-state index in [1.165, 1.54) is 12.1 Å². The number of aromatic nitrogens is 1. The normalized spacial score (nSPS) is 20.4. The highest BCUT2D eigenvalue weighted by molar-refractivity contribution is 6.07. The van der Waals surface area contributed by atoms with E-state index in [0.29, 0.717) is 29.8 Å². The van der Waals surface area contributed by atoms with E-state index in [-0.39, 0.29) is 29.5 Å². The van der Waals surface area contributed by atoms with Crippen molar-refractivity contribution in [3.05, 3.63) is 53.1 Å². The molecule has 0 bridgehead atoms. The van der Waals surface area contributed by atoms with Gasteiger partial charge in [-0.1, -0.05) is 18.9 Å². The van der Waals surface area contributed by atoms with Gasteiger partial charge >= 0.3 is 5.97 Å². The maximum absolute atomic E-state index is 13.6. The number of carbonyl (C=O) groups excluding carboxylic acids is 4. The molecule has 0 spiro atoms. The van der Waals surface area contributed by atoms with E-state index in [2.05, 4.69) is 0 Å². The summed E-state index contributed by atoms with van der Waals surface area (Å²) in [5.74, 6) is -2.90. The largest absolute Gasteiger partial charge is 0.456 e. The minimum Gasteiger partial charge on any atom is -0.456 e. The van der Waals surface area contributed by atoms with E-state index in [9.17, 15) is 23.6 Å². The lowest BCUT2D eigenvalue weighted by Crippen LogP contribution is -2.37. The molecule has 0 radical (unpaired) electrons. The summed E-state index contributed by atoms with van der Waals surface area (Å²) in [5, 5.41) is 0. The summed E-state index contributed by atoms with van der Waals surface area (Å²) in [7, 11) is 0. The van der Waals surface area contributed by atoms with E-state index in [0.717, 1.165) is 23.4 Å². The zero-order chi connectivity index (χ0) is 23.0. The highest BCUT2D eigenvalue weighted by atomic mass is 19.1. The number of esters is 1. The van der Waals surface area contributed by atoms with E-state index in [1.54, 1.807) is 36.6 Å².